The lowest BCUT2D eigenvalue weighted by molar-refractivity contribution is 0.0410. The van der Waals surface area contributed by atoms with Crippen molar-refractivity contribution in [3.05, 3.63) is 35.1 Å². The second-order valence-electron chi connectivity index (χ2n) is 5.41. The van der Waals surface area contributed by atoms with E-state index in [9.17, 15) is 4.39 Å². The van der Waals surface area contributed by atoms with Gasteiger partial charge in [0.25, 0.3) is 0 Å². The molecule has 4 heteroatoms. The van der Waals surface area contributed by atoms with Crippen molar-refractivity contribution in [2.75, 3.05) is 26.8 Å². The second kappa shape index (κ2) is 6.98. The van der Waals surface area contributed by atoms with Crippen LogP contribution in [0.5, 0.6) is 0 Å². The monoisotopic (exact) mass is 266 g/mol. The lowest BCUT2D eigenvalue weighted by atomic mass is 10.0. The smallest absolute Gasteiger partial charge is 0.127 e. The van der Waals surface area contributed by atoms with Crippen LogP contribution in [-0.4, -0.2) is 31.7 Å². The van der Waals surface area contributed by atoms with Gasteiger partial charge in [-0.2, -0.15) is 0 Å². The molecule has 1 fully saturated rings. The molecule has 19 heavy (non-hydrogen) atoms. The zero-order valence-corrected chi connectivity index (χ0v) is 11.6. The number of rotatable bonds is 5. The molecule has 1 aromatic carbocycles. The van der Waals surface area contributed by atoms with E-state index in [0.717, 1.165) is 37.3 Å². The largest absolute Gasteiger partial charge is 0.381 e. The van der Waals surface area contributed by atoms with Crippen molar-refractivity contribution in [1.29, 1.82) is 0 Å². The van der Waals surface area contributed by atoms with E-state index < -0.39 is 0 Å². The lowest BCUT2D eigenvalue weighted by Crippen LogP contribution is -2.30. The summed E-state index contributed by atoms with van der Waals surface area (Å²) in [5, 5.41) is 0. The van der Waals surface area contributed by atoms with E-state index in [1.807, 2.05) is 13.1 Å². The maximum atomic E-state index is 13.8. The summed E-state index contributed by atoms with van der Waals surface area (Å²) in [5.41, 5.74) is 7.30. The van der Waals surface area contributed by atoms with Crippen LogP contribution < -0.4 is 5.73 Å². The number of hydrogen-bond donors (Lipinski definition) is 1. The highest BCUT2D eigenvalue weighted by atomic mass is 19.1. The van der Waals surface area contributed by atoms with Crippen LogP contribution >= 0.6 is 0 Å². The molecule has 2 rings (SSSR count). The number of hydrogen-bond acceptors (Lipinski definition) is 3. The van der Waals surface area contributed by atoms with Crippen molar-refractivity contribution in [3.8, 4) is 0 Å². The van der Waals surface area contributed by atoms with E-state index in [4.69, 9.17) is 10.5 Å². The Morgan fingerprint density at radius 1 is 1.47 bits per heavy atom. The first-order valence-electron chi connectivity index (χ1n) is 6.92. The van der Waals surface area contributed by atoms with Gasteiger partial charge in [-0.3, -0.25) is 0 Å². The van der Waals surface area contributed by atoms with Gasteiger partial charge >= 0.3 is 0 Å². The molecule has 1 unspecified atom stereocenters. The van der Waals surface area contributed by atoms with E-state index in [-0.39, 0.29) is 5.82 Å². The molecule has 1 saturated heterocycles. The van der Waals surface area contributed by atoms with Crippen molar-refractivity contribution in [1.82, 2.24) is 4.90 Å². The minimum Gasteiger partial charge on any atom is -0.381 e. The van der Waals surface area contributed by atoms with Gasteiger partial charge in [0, 0.05) is 31.8 Å². The van der Waals surface area contributed by atoms with Crippen molar-refractivity contribution >= 4 is 0 Å². The third kappa shape index (κ3) is 4.27. The molecule has 0 bridgehead atoms. The Morgan fingerprint density at radius 3 is 3.00 bits per heavy atom. The fourth-order valence-electron chi connectivity index (χ4n) is 2.62. The summed E-state index contributed by atoms with van der Waals surface area (Å²) in [7, 11) is 2.03. The standard InChI is InChI=1S/C15H23FN2O/c1-18(9-13-3-2-6-19-11-13)10-14-7-12(8-17)4-5-15(14)16/h4-5,7,13H,2-3,6,8-11,17H2,1H3. The third-order valence-electron chi connectivity index (χ3n) is 3.61. The fourth-order valence-corrected chi connectivity index (χ4v) is 2.62. The highest BCUT2D eigenvalue weighted by molar-refractivity contribution is 5.24. The van der Waals surface area contributed by atoms with Crippen LogP contribution in [0.3, 0.4) is 0 Å². The summed E-state index contributed by atoms with van der Waals surface area (Å²) in [4.78, 5) is 2.16. The summed E-state index contributed by atoms with van der Waals surface area (Å²) in [6.45, 7) is 3.74. The predicted molar refractivity (Wildman–Crippen MR) is 74.2 cm³/mol. The quantitative estimate of drug-likeness (QED) is 0.887. The molecule has 0 saturated carbocycles. The van der Waals surface area contributed by atoms with Gasteiger partial charge in [0.15, 0.2) is 0 Å². The van der Waals surface area contributed by atoms with Crippen molar-refractivity contribution in [2.24, 2.45) is 11.7 Å². The number of nitrogens with two attached hydrogens (primary N) is 1. The zero-order chi connectivity index (χ0) is 13.7. The fraction of sp³-hybridized carbons (Fsp3) is 0.600. The van der Waals surface area contributed by atoms with Gasteiger partial charge < -0.3 is 15.4 Å². The maximum absolute atomic E-state index is 13.8. The molecule has 106 valence electrons. The molecule has 2 N–H and O–H groups in total. The minimum atomic E-state index is -0.149. The molecule has 0 aromatic heterocycles. The van der Waals surface area contributed by atoms with E-state index >= 15 is 0 Å². The summed E-state index contributed by atoms with van der Waals surface area (Å²) in [6, 6.07) is 5.12. The predicted octanol–water partition coefficient (Wildman–Crippen LogP) is 2.14. The molecule has 3 nitrogen and oxygen atoms in total. The van der Waals surface area contributed by atoms with Crippen molar-refractivity contribution in [3.63, 3.8) is 0 Å². The normalized spacial score (nSPS) is 19.9. The molecule has 0 aliphatic carbocycles. The topological polar surface area (TPSA) is 38.5 Å². The molecule has 1 atom stereocenters. The summed E-state index contributed by atoms with van der Waals surface area (Å²) in [6.07, 6.45) is 2.34. The number of nitrogens with zero attached hydrogens (tertiary/aromatic N) is 1. The maximum Gasteiger partial charge on any atom is 0.127 e. The van der Waals surface area contributed by atoms with E-state index in [2.05, 4.69) is 4.90 Å². The molecule has 0 spiro atoms. The molecule has 0 radical (unpaired) electrons. The molecular formula is C15H23FN2O. The van der Waals surface area contributed by atoms with Gasteiger partial charge in [0.05, 0.1) is 6.61 Å². The number of halogens is 1. The first-order valence-corrected chi connectivity index (χ1v) is 6.92. The van der Waals surface area contributed by atoms with Crippen LogP contribution in [0.4, 0.5) is 4.39 Å². The van der Waals surface area contributed by atoms with E-state index in [1.165, 1.54) is 12.5 Å². The Kier molecular flexibility index (Phi) is 5.31. The van der Waals surface area contributed by atoms with Gasteiger partial charge in [-0.15, -0.1) is 0 Å². The SMILES string of the molecule is CN(Cc1cc(CN)ccc1F)CC1CCCOC1. The Morgan fingerprint density at radius 2 is 2.32 bits per heavy atom. The average Bonchev–Trinajstić information content (AvgIpc) is 2.42. The molecule has 1 aliphatic heterocycles. The van der Waals surface area contributed by atoms with Gasteiger partial charge in [-0.25, -0.2) is 4.39 Å². The van der Waals surface area contributed by atoms with Crippen LogP contribution in [0, 0.1) is 11.7 Å². The lowest BCUT2D eigenvalue weighted by Gasteiger charge is -2.27. The van der Waals surface area contributed by atoms with E-state index in [1.54, 1.807) is 6.07 Å². The first-order chi connectivity index (χ1) is 9.19. The summed E-state index contributed by atoms with van der Waals surface area (Å²) < 4.78 is 19.2. The Labute approximate surface area is 114 Å². The van der Waals surface area contributed by atoms with Gasteiger partial charge in [0.2, 0.25) is 0 Å². The highest BCUT2D eigenvalue weighted by Crippen LogP contribution is 2.17. The van der Waals surface area contributed by atoms with Gasteiger partial charge in [-0.1, -0.05) is 12.1 Å². The molecule has 1 heterocycles. The molecule has 1 aliphatic rings. The van der Waals surface area contributed by atoms with Crippen LogP contribution in [0.25, 0.3) is 0 Å². The van der Waals surface area contributed by atoms with Crippen molar-refractivity contribution < 1.29 is 9.13 Å². The Balaban J connectivity index is 1.92. The average molecular weight is 266 g/mol. The summed E-state index contributed by atoms with van der Waals surface area (Å²) >= 11 is 0. The van der Waals surface area contributed by atoms with Crippen molar-refractivity contribution in [2.45, 2.75) is 25.9 Å². The number of benzene rings is 1. The van der Waals surface area contributed by atoms with Crippen LogP contribution in [0.1, 0.15) is 24.0 Å². The first kappa shape index (κ1) is 14.4. The highest BCUT2D eigenvalue weighted by Gasteiger charge is 2.16. The number of ether oxygens (including phenoxy) is 1. The third-order valence-corrected chi connectivity index (χ3v) is 3.61. The zero-order valence-electron chi connectivity index (χ0n) is 11.6. The second-order valence-corrected chi connectivity index (χ2v) is 5.41. The minimum absolute atomic E-state index is 0.149. The van der Waals surface area contributed by atoms with Gasteiger partial charge in [-0.05, 0) is 37.4 Å². The van der Waals surface area contributed by atoms with Crippen LogP contribution in [0.2, 0.25) is 0 Å². The molecule has 0 amide bonds. The van der Waals surface area contributed by atoms with Crippen LogP contribution in [0.15, 0.2) is 18.2 Å². The van der Waals surface area contributed by atoms with E-state index in [0.29, 0.717) is 19.0 Å². The Hall–Kier alpha value is -0.970. The summed E-state index contributed by atoms with van der Waals surface area (Å²) in [5.74, 6) is 0.420. The Bertz CT molecular complexity index is 405. The molecule has 1 aromatic rings. The van der Waals surface area contributed by atoms with Crippen LogP contribution in [-0.2, 0) is 17.8 Å². The van der Waals surface area contributed by atoms with Gasteiger partial charge in [0.1, 0.15) is 5.82 Å². The molecular weight excluding hydrogens is 243 g/mol.